The molecule has 1 saturated heterocycles. The van der Waals surface area contributed by atoms with Crippen LogP contribution >= 0.6 is 27.5 Å². The SMILES string of the molecule is O=C1CCN(c2c(Cl)cc(F)cc2Br)CC1. The van der Waals surface area contributed by atoms with E-state index < -0.39 is 0 Å². The van der Waals surface area contributed by atoms with Crippen LogP contribution < -0.4 is 4.90 Å². The van der Waals surface area contributed by atoms with Crippen LogP contribution in [-0.4, -0.2) is 18.9 Å². The number of hydrogen-bond acceptors (Lipinski definition) is 2. The number of piperidine rings is 1. The minimum atomic E-state index is -0.367. The number of benzene rings is 1. The number of ketones is 1. The number of Topliss-reactive ketones (excluding diaryl/α,β-unsaturated/α-hetero) is 1. The van der Waals surface area contributed by atoms with E-state index in [0.717, 1.165) is 5.69 Å². The summed E-state index contributed by atoms with van der Waals surface area (Å²) in [5.74, 6) is -0.0979. The molecule has 1 fully saturated rings. The lowest BCUT2D eigenvalue weighted by atomic mass is 10.1. The van der Waals surface area contributed by atoms with Crippen molar-refractivity contribution in [2.45, 2.75) is 12.8 Å². The van der Waals surface area contributed by atoms with E-state index in [1.165, 1.54) is 12.1 Å². The Kier molecular flexibility index (Phi) is 3.50. The van der Waals surface area contributed by atoms with Crippen LogP contribution in [0.1, 0.15) is 12.8 Å². The van der Waals surface area contributed by atoms with E-state index in [4.69, 9.17) is 11.6 Å². The summed E-state index contributed by atoms with van der Waals surface area (Å²) in [6.07, 6.45) is 1.06. The first-order valence-electron chi connectivity index (χ1n) is 4.99. The zero-order valence-electron chi connectivity index (χ0n) is 8.47. The van der Waals surface area contributed by atoms with Gasteiger partial charge < -0.3 is 4.90 Å². The third kappa shape index (κ3) is 2.38. The van der Waals surface area contributed by atoms with Crippen LogP contribution in [0.5, 0.6) is 0 Å². The van der Waals surface area contributed by atoms with Gasteiger partial charge in [0.25, 0.3) is 0 Å². The predicted molar refractivity (Wildman–Crippen MR) is 65.6 cm³/mol. The maximum Gasteiger partial charge on any atom is 0.136 e. The molecule has 2 rings (SSSR count). The Morgan fingerprint density at radius 2 is 1.94 bits per heavy atom. The normalized spacial score (nSPS) is 16.7. The molecule has 2 nitrogen and oxygen atoms in total. The first kappa shape index (κ1) is 11.9. The van der Waals surface area contributed by atoms with Crippen LogP contribution in [0.4, 0.5) is 10.1 Å². The van der Waals surface area contributed by atoms with Crippen molar-refractivity contribution < 1.29 is 9.18 Å². The van der Waals surface area contributed by atoms with Crippen molar-refractivity contribution >= 4 is 39.0 Å². The summed E-state index contributed by atoms with van der Waals surface area (Å²) in [6, 6.07) is 2.68. The molecule has 1 aliphatic heterocycles. The zero-order chi connectivity index (χ0) is 11.7. The van der Waals surface area contributed by atoms with E-state index in [0.29, 0.717) is 35.4 Å². The van der Waals surface area contributed by atoms with Gasteiger partial charge in [-0.05, 0) is 28.1 Å². The Morgan fingerprint density at radius 1 is 1.31 bits per heavy atom. The maximum absolute atomic E-state index is 13.1. The van der Waals surface area contributed by atoms with Crippen molar-refractivity contribution in [3.63, 3.8) is 0 Å². The minimum absolute atomic E-state index is 0.269. The zero-order valence-corrected chi connectivity index (χ0v) is 10.8. The molecule has 0 amide bonds. The van der Waals surface area contributed by atoms with Crippen LogP contribution in [0.25, 0.3) is 0 Å². The molecule has 0 radical (unpaired) electrons. The van der Waals surface area contributed by atoms with Crippen molar-refractivity contribution in [3.05, 3.63) is 27.4 Å². The highest BCUT2D eigenvalue weighted by atomic mass is 79.9. The van der Waals surface area contributed by atoms with Gasteiger partial charge in [0, 0.05) is 30.4 Å². The summed E-state index contributed by atoms with van der Waals surface area (Å²) >= 11 is 9.31. The average Bonchev–Trinajstić information content (AvgIpc) is 2.19. The molecule has 1 heterocycles. The van der Waals surface area contributed by atoms with E-state index in [2.05, 4.69) is 15.9 Å². The van der Waals surface area contributed by atoms with Gasteiger partial charge in [-0.15, -0.1) is 0 Å². The highest BCUT2D eigenvalue weighted by molar-refractivity contribution is 9.10. The molecule has 5 heteroatoms. The van der Waals surface area contributed by atoms with E-state index in [9.17, 15) is 9.18 Å². The van der Waals surface area contributed by atoms with Crippen molar-refractivity contribution in [3.8, 4) is 0 Å². The molecule has 1 aromatic rings. The van der Waals surface area contributed by atoms with Gasteiger partial charge in [0.15, 0.2) is 0 Å². The molecule has 0 saturated carbocycles. The standard InChI is InChI=1S/C11H10BrClFNO/c12-9-5-7(14)6-10(13)11(9)15-3-1-8(16)2-4-15/h5-6H,1-4H2. The molecule has 0 aliphatic carbocycles. The second kappa shape index (κ2) is 4.72. The lowest BCUT2D eigenvalue weighted by Gasteiger charge is -2.29. The number of carbonyl (C=O) groups excluding carboxylic acids is 1. The first-order chi connectivity index (χ1) is 7.58. The Bertz CT molecular complexity index is 405. The van der Waals surface area contributed by atoms with Gasteiger partial charge in [0.05, 0.1) is 10.7 Å². The fraction of sp³-hybridized carbons (Fsp3) is 0.364. The largest absolute Gasteiger partial charge is 0.369 e. The minimum Gasteiger partial charge on any atom is -0.369 e. The smallest absolute Gasteiger partial charge is 0.136 e. The highest BCUT2D eigenvalue weighted by Gasteiger charge is 2.20. The van der Waals surface area contributed by atoms with Gasteiger partial charge >= 0.3 is 0 Å². The average molecular weight is 307 g/mol. The highest BCUT2D eigenvalue weighted by Crippen LogP contribution is 2.35. The van der Waals surface area contributed by atoms with Crippen molar-refractivity contribution in [2.75, 3.05) is 18.0 Å². The Hall–Kier alpha value is -0.610. The third-order valence-electron chi connectivity index (χ3n) is 2.62. The van der Waals surface area contributed by atoms with Gasteiger partial charge in [-0.3, -0.25) is 4.79 Å². The molecular formula is C11H10BrClFNO. The van der Waals surface area contributed by atoms with Crippen molar-refractivity contribution in [2.24, 2.45) is 0 Å². The quantitative estimate of drug-likeness (QED) is 0.792. The third-order valence-corrected chi connectivity index (χ3v) is 3.51. The number of hydrogen-bond donors (Lipinski definition) is 0. The molecule has 0 unspecified atom stereocenters. The molecule has 0 aromatic heterocycles. The van der Waals surface area contributed by atoms with E-state index >= 15 is 0 Å². The van der Waals surface area contributed by atoms with E-state index in [-0.39, 0.29) is 11.6 Å². The topological polar surface area (TPSA) is 20.3 Å². The summed E-state index contributed by atoms with van der Waals surface area (Å²) in [7, 11) is 0. The second-order valence-electron chi connectivity index (χ2n) is 3.74. The fourth-order valence-electron chi connectivity index (χ4n) is 1.82. The summed E-state index contributed by atoms with van der Waals surface area (Å²) in [6.45, 7) is 1.28. The molecule has 0 atom stereocenters. The van der Waals surface area contributed by atoms with Gasteiger partial charge in [-0.2, -0.15) is 0 Å². The van der Waals surface area contributed by atoms with Gasteiger partial charge in [-0.25, -0.2) is 4.39 Å². The van der Waals surface area contributed by atoms with Crippen LogP contribution in [0.2, 0.25) is 5.02 Å². The number of nitrogens with zero attached hydrogens (tertiary/aromatic N) is 1. The molecule has 16 heavy (non-hydrogen) atoms. The molecular weight excluding hydrogens is 296 g/mol. The lowest BCUT2D eigenvalue weighted by Crippen LogP contribution is -2.34. The molecule has 0 spiro atoms. The summed E-state index contributed by atoms with van der Waals surface area (Å²) in [4.78, 5) is 13.1. The molecule has 0 bridgehead atoms. The fourth-order valence-corrected chi connectivity index (χ4v) is 2.94. The van der Waals surface area contributed by atoms with Crippen molar-refractivity contribution in [1.82, 2.24) is 0 Å². The van der Waals surface area contributed by atoms with E-state index in [1.807, 2.05) is 4.90 Å². The number of carbonyl (C=O) groups is 1. The molecule has 0 N–H and O–H groups in total. The predicted octanol–water partition coefficient (Wildman–Crippen LogP) is 3.41. The molecule has 1 aromatic carbocycles. The maximum atomic E-state index is 13.1. The Morgan fingerprint density at radius 3 is 2.50 bits per heavy atom. The molecule has 1 aliphatic rings. The number of rotatable bonds is 1. The van der Waals surface area contributed by atoms with Gasteiger partial charge in [0.2, 0.25) is 0 Å². The Balaban J connectivity index is 2.30. The van der Waals surface area contributed by atoms with Crippen LogP contribution in [0, 0.1) is 5.82 Å². The van der Waals surface area contributed by atoms with Crippen LogP contribution in [0.15, 0.2) is 16.6 Å². The summed E-state index contributed by atoms with van der Waals surface area (Å²) in [5, 5.41) is 0.376. The van der Waals surface area contributed by atoms with Crippen LogP contribution in [-0.2, 0) is 4.79 Å². The second-order valence-corrected chi connectivity index (χ2v) is 5.01. The van der Waals surface area contributed by atoms with Crippen molar-refractivity contribution in [1.29, 1.82) is 0 Å². The monoisotopic (exact) mass is 305 g/mol. The number of anilines is 1. The number of halogens is 3. The first-order valence-corrected chi connectivity index (χ1v) is 6.16. The van der Waals surface area contributed by atoms with E-state index in [1.54, 1.807) is 0 Å². The summed E-state index contributed by atoms with van der Waals surface area (Å²) < 4.78 is 13.7. The summed E-state index contributed by atoms with van der Waals surface area (Å²) in [5.41, 5.74) is 0.774. The van der Waals surface area contributed by atoms with Gasteiger partial charge in [-0.1, -0.05) is 11.6 Å². The Labute approximate surface area is 107 Å². The van der Waals surface area contributed by atoms with Gasteiger partial charge in [0.1, 0.15) is 11.6 Å². The van der Waals surface area contributed by atoms with Crippen LogP contribution in [0.3, 0.4) is 0 Å². The molecule has 86 valence electrons. The lowest BCUT2D eigenvalue weighted by molar-refractivity contribution is -0.119.